The molecule has 0 fully saturated rings. The van der Waals surface area contributed by atoms with Crippen LogP contribution < -0.4 is 10.5 Å². The molecule has 0 atom stereocenters. The molecular weight excluding hydrogens is 242 g/mol. The molecule has 0 amide bonds. The quantitative estimate of drug-likeness (QED) is 0.484. The van der Waals surface area contributed by atoms with E-state index in [0.29, 0.717) is 5.69 Å². The lowest BCUT2D eigenvalue weighted by Gasteiger charge is -2.08. The molecule has 0 radical (unpaired) electrons. The first kappa shape index (κ1) is 13.3. The molecule has 0 saturated carbocycles. The van der Waals surface area contributed by atoms with Crippen LogP contribution >= 0.6 is 0 Å². The van der Waals surface area contributed by atoms with Gasteiger partial charge < -0.3 is 15.4 Å². The topological polar surface area (TPSA) is 85.0 Å². The van der Waals surface area contributed by atoms with Crippen LogP contribution in [0.4, 0.5) is 5.69 Å². The van der Waals surface area contributed by atoms with Crippen molar-refractivity contribution < 1.29 is 13.2 Å². The molecule has 2 N–H and O–H groups in total. The van der Waals surface area contributed by atoms with Gasteiger partial charge >= 0.3 is 0 Å². The Morgan fingerprint density at radius 1 is 1.41 bits per heavy atom. The normalized spacial score (nSPS) is 11.7. The maximum atomic E-state index is 11.9. The van der Waals surface area contributed by atoms with Crippen LogP contribution in [0.3, 0.4) is 0 Å². The fourth-order valence-electron chi connectivity index (χ4n) is 1.11. The molecule has 0 spiro atoms. The minimum atomic E-state index is -3.77. The second-order valence-corrected chi connectivity index (χ2v) is 5.17. The summed E-state index contributed by atoms with van der Waals surface area (Å²) in [5.74, 6) is 0.181. The summed E-state index contributed by atoms with van der Waals surface area (Å²) in [6.07, 6.45) is 1.21. The molecule has 0 saturated heterocycles. The second kappa shape index (κ2) is 5.05. The lowest BCUT2D eigenvalue weighted by Crippen LogP contribution is -2.10. The largest absolute Gasteiger partial charge is 0.495 e. The van der Waals surface area contributed by atoms with Gasteiger partial charge in [-0.3, -0.25) is 0 Å². The van der Waals surface area contributed by atoms with Crippen LogP contribution in [0.5, 0.6) is 5.75 Å². The third kappa shape index (κ3) is 3.35. The molecule has 0 aliphatic rings. The maximum Gasteiger partial charge on any atom is 0.287 e. The number of hydrogen-bond acceptors (Lipinski definition) is 4. The van der Waals surface area contributed by atoms with E-state index < -0.39 is 10.0 Å². The summed E-state index contributed by atoms with van der Waals surface area (Å²) in [6.45, 7) is 0. The summed E-state index contributed by atoms with van der Waals surface area (Å²) in [6, 6.07) is 4.30. The molecule has 0 bridgehead atoms. The maximum absolute atomic E-state index is 11.9. The first-order valence-corrected chi connectivity index (χ1v) is 6.21. The minimum Gasteiger partial charge on any atom is -0.495 e. The van der Waals surface area contributed by atoms with E-state index in [0.717, 1.165) is 0 Å². The molecule has 0 aliphatic heterocycles. The molecular formula is C10H15N3O3S. The number of anilines is 1. The van der Waals surface area contributed by atoms with Crippen LogP contribution in [-0.4, -0.2) is 40.9 Å². The van der Waals surface area contributed by atoms with E-state index in [9.17, 15) is 8.42 Å². The number of sulfonamides is 1. The number of hydrogen-bond donors (Lipinski definition) is 1. The van der Waals surface area contributed by atoms with Crippen LogP contribution in [-0.2, 0) is 10.0 Å². The number of nitrogens with two attached hydrogens (primary N) is 1. The highest BCUT2D eigenvalue weighted by Crippen LogP contribution is 2.27. The third-order valence-corrected chi connectivity index (χ3v) is 3.15. The van der Waals surface area contributed by atoms with Crippen LogP contribution in [0.2, 0.25) is 0 Å². The highest BCUT2D eigenvalue weighted by molar-refractivity contribution is 7.90. The molecule has 1 aromatic rings. The molecule has 0 unspecified atom stereocenters. The zero-order chi connectivity index (χ0) is 13.1. The van der Waals surface area contributed by atoms with Crippen LogP contribution in [0.1, 0.15) is 0 Å². The van der Waals surface area contributed by atoms with Gasteiger partial charge in [0.25, 0.3) is 10.0 Å². The lowest BCUT2D eigenvalue weighted by atomic mass is 10.3. The summed E-state index contributed by atoms with van der Waals surface area (Å²) in [7, 11) is 0.970. The molecule has 0 aromatic heterocycles. The number of nitrogen functional groups attached to an aromatic ring is 1. The molecule has 1 rings (SSSR count). The van der Waals surface area contributed by atoms with E-state index in [4.69, 9.17) is 10.5 Å². The Morgan fingerprint density at radius 3 is 2.59 bits per heavy atom. The number of methoxy groups -OCH3 is 1. The van der Waals surface area contributed by atoms with Gasteiger partial charge in [-0.05, 0) is 12.1 Å². The zero-order valence-corrected chi connectivity index (χ0v) is 10.7. The first-order chi connectivity index (χ1) is 7.86. The average molecular weight is 257 g/mol. The standard InChI is InChI=1S/C10H15N3O3S/c1-13(2)7-12-17(14,15)10-5-4-8(11)6-9(10)16-3/h4-7H,11H2,1-3H3. The predicted molar refractivity (Wildman–Crippen MR) is 66.8 cm³/mol. The van der Waals surface area contributed by atoms with E-state index in [1.54, 1.807) is 14.1 Å². The van der Waals surface area contributed by atoms with Gasteiger partial charge in [0.05, 0.1) is 7.11 Å². The summed E-state index contributed by atoms with van der Waals surface area (Å²) < 4.78 is 32.3. The monoisotopic (exact) mass is 257 g/mol. The Kier molecular flexibility index (Phi) is 3.95. The van der Waals surface area contributed by atoms with Crippen molar-refractivity contribution in [2.75, 3.05) is 26.9 Å². The van der Waals surface area contributed by atoms with Crippen molar-refractivity contribution in [3.8, 4) is 5.75 Å². The van der Waals surface area contributed by atoms with Crippen molar-refractivity contribution in [1.29, 1.82) is 0 Å². The molecule has 17 heavy (non-hydrogen) atoms. The van der Waals surface area contributed by atoms with Gasteiger partial charge in [-0.2, -0.15) is 8.42 Å². The fraction of sp³-hybridized carbons (Fsp3) is 0.300. The van der Waals surface area contributed by atoms with Gasteiger partial charge in [-0.1, -0.05) is 0 Å². The molecule has 0 heterocycles. The number of nitrogens with zero attached hydrogens (tertiary/aromatic N) is 2. The van der Waals surface area contributed by atoms with Gasteiger partial charge in [-0.25, -0.2) is 0 Å². The first-order valence-electron chi connectivity index (χ1n) is 4.77. The molecule has 94 valence electrons. The Balaban J connectivity index is 3.24. The number of ether oxygens (including phenoxy) is 1. The lowest BCUT2D eigenvalue weighted by molar-refractivity contribution is 0.403. The van der Waals surface area contributed by atoms with Crippen molar-refractivity contribution in [1.82, 2.24) is 4.90 Å². The summed E-state index contributed by atoms with van der Waals surface area (Å²) >= 11 is 0. The van der Waals surface area contributed by atoms with E-state index in [1.807, 2.05) is 0 Å². The van der Waals surface area contributed by atoms with Crippen LogP contribution in [0, 0.1) is 0 Å². The van der Waals surface area contributed by atoms with Gasteiger partial charge in [0.2, 0.25) is 0 Å². The van der Waals surface area contributed by atoms with Crippen molar-refractivity contribution in [3.05, 3.63) is 18.2 Å². The predicted octanol–water partition coefficient (Wildman–Crippen LogP) is 0.556. The molecule has 1 aromatic carbocycles. The Labute approximate surface area is 101 Å². The zero-order valence-electron chi connectivity index (χ0n) is 9.91. The Hall–Kier alpha value is -1.76. The fourth-order valence-corrected chi connectivity index (χ4v) is 2.17. The van der Waals surface area contributed by atoms with Crippen molar-refractivity contribution in [2.24, 2.45) is 4.40 Å². The Bertz CT molecular complexity index is 524. The van der Waals surface area contributed by atoms with Gasteiger partial charge in [0.15, 0.2) is 0 Å². The van der Waals surface area contributed by atoms with Gasteiger partial charge in [0, 0.05) is 25.8 Å². The SMILES string of the molecule is COc1cc(N)ccc1S(=O)(=O)N=CN(C)C. The third-order valence-electron chi connectivity index (χ3n) is 1.88. The number of rotatable bonds is 4. The smallest absolute Gasteiger partial charge is 0.287 e. The van der Waals surface area contributed by atoms with Crippen LogP contribution in [0.25, 0.3) is 0 Å². The number of benzene rings is 1. The highest BCUT2D eigenvalue weighted by atomic mass is 32.2. The molecule has 6 nitrogen and oxygen atoms in total. The summed E-state index contributed by atoms with van der Waals surface area (Å²) in [4.78, 5) is 1.52. The van der Waals surface area contributed by atoms with Gasteiger partial charge in [-0.15, -0.1) is 4.40 Å². The second-order valence-electron chi connectivity index (χ2n) is 3.57. The van der Waals surface area contributed by atoms with Gasteiger partial charge in [0.1, 0.15) is 17.0 Å². The van der Waals surface area contributed by atoms with E-state index in [-0.39, 0.29) is 10.6 Å². The summed E-state index contributed by atoms with van der Waals surface area (Å²) in [5, 5.41) is 0. The van der Waals surface area contributed by atoms with E-state index >= 15 is 0 Å². The van der Waals surface area contributed by atoms with Crippen molar-refractivity contribution in [3.63, 3.8) is 0 Å². The molecule has 0 aliphatic carbocycles. The summed E-state index contributed by atoms with van der Waals surface area (Å²) in [5.41, 5.74) is 5.98. The van der Waals surface area contributed by atoms with Crippen molar-refractivity contribution >= 4 is 22.0 Å². The molecule has 7 heteroatoms. The van der Waals surface area contributed by atoms with Crippen LogP contribution in [0.15, 0.2) is 27.5 Å². The average Bonchev–Trinajstić information content (AvgIpc) is 2.26. The van der Waals surface area contributed by atoms with E-state index in [2.05, 4.69) is 4.40 Å². The minimum absolute atomic E-state index is 0.00713. The Morgan fingerprint density at radius 2 is 2.06 bits per heavy atom. The van der Waals surface area contributed by atoms with Crippen molar-refractivity contribution in [2.45, 2.75) is 4.90 Å². The van der Waals surface area contributed by atoms with E-state index in [1.165, 1.54) is 36.5 Å². The highest BCUT2D eigenvalue weighted by Gasteiger charge is 2.18.